The van der Waals surface area contributed by atoms with Gasteiger partial charge in [-0.05, 0) is 50.0 Å². The molecule has 31 heavy (non-hydrogen) atoms. The Kier molecular flexibility index (Phi) is 5.18. The van der Waals surface area contributed by atoms with Crippen molar-refractivity contribution in [3.05, 3.63) is 47.0 Å². The number of hydrogen-bond acceptors (Lipinski definition) is 4. The van der Waals surface area contributed by atoms with E-state index >= 15 is 0 Å². The van der Waals surface area contributed by atoms with E-state index in [1.165, 1.54) is 11.1 Å². The van der Waals surface area contributed by atoms with Gasteiger partial charge in [0.2, 0.25) is 11.8 Å². The van der Waals surface area contributed by atoms with Crippen LogP contribution in [0.1, 0.15) is 30.0 Å². The van der Waals surface area contributed by atoms with E-state index in [0.29, 0.717) is 13.1 Å². The van der Waals surface area contributed by atoms with Gasteiger partial charge in [-0.1, -0.05) is 37.3 Å². The van der Waals surface area contributed by atoms with E-state index in [-0.39, 0.29) is 17.9 Å². The van der Waals surface area contributed by atoms with Gasteiger partial charge in [-0.15, -0.1) is 0 Å². The number of nitrogens with zero attached hydrogens (tertiary/aromatic N) is 3. The lowest BCUT2D eigenvalue weighted by molar-refractivity contribution is -0.143. The Hall–Kier alpha value is -2.18. The molecule has 3 fully saturated rings. The maximum absolute atomic E-state index is 13.6. The lowest BCUT2D eigenvalue weighted by atomic mass is 9.76. The molecule has 0 N–H and O–H groups in total. The third-order valence-electron chi connectivity index (χ3n) is 7.76. The van der Waals surface area contributed by atoms with E-state index in [4.69, 9.17) is 4.74 Å². The maximum Gasteiger partial charge on any atom is 0.230 e. The van der Waals surface area contributed by atoms with E-state index in [0.717, 1.165) is 44.7 Å². The van der Waals surface area contributed by atoms with Crippen LogP contribution in [0.2, 0.25) is 0 Å². The lowest BCUT2D eigenvalue weighted by Gasteiger charge is -2.29. The van der Waals surface area contributed by atoms with Crippen LogP contribution in [0, 0.1) is 25.7 Å². The summed E-state index contributed by atoms with van der Waals surface area (Å²) < 4.78 is 6.33. The highest BCUT2D eigenvalue weighted by molar-refractivity contribution is 5.93. The Bertz CT molecular complexity index is 929. The summed E-state index contributed by atoms with van der Waals surface area (Å²) in [5.41, 5.74) is 2.97. The molecule has 3 saturated heterocycles. The van der Waals surface area contributed by atoms with Crippen molar-refractivity contribution in [1.82, 2.24) is 14.7 Å². The summed E-state index contributed by atoms with van der Waals surface area (Å²) in [4.78, 5) is 33.4. The number of amides is 2. The molecular formula is C25H33N3O3. The van der Waals surface area contributed by atoms with Gasteiger partial charge in [-0.2, -0.15) is 0 Å². The maximum atomic E-state index is 13.6. The van der Waals surface area contributed by atoms with Crippen LogP contribution >= 0.6 is 0 Å². The predicted octanol–water partition coefficient (Wildman–Crippen LogP) is 2.14. The summed E-state index contributed by atoms with van der Waals surface area (Å²) in [6.45, 7) is 11.9. The fraction of sp³-hybridized carbons (Fsp3) is 0.600. The van der Waals surface area contributed by atoms with E-state index in [1.807, 2.05) is 22.0 Å². The van der Waals surface area contributed by atoms with Gasteiger partial charge in [-0.3, -0.25) is 9.59 Å². The largest absolute Gasteiger partial charge is 0.360 e. The standard InChI is InChI=1S/C25H33N3O3/c1-4-26-10-5-11-27(13-12-26)23(29)21-20-8-9-25(31-20)16-28(24(30)22(21)25)15-19-7-6-17(2)18(3)14-19/h6-9,14,20-22H,4-5,10-13,15-16H2,1-3H3/t20-,21+,22+,25-/m0/s1. The molecule has 4 aliphatic heterocycles. The van der Waals surface area contributed by atoms with Gasteiger partial charge in [0.25, 0.3) is 0 Å². The molecule has 4 heterocycles. The van der Waals surface area contributed by atoms with Crippen molar-refractivity contribution in [2.24, 2.45) is 11.8 Å². The second-order valence-corrected chi connectivity index (χ2v) is 9.63. The number of likely N-dealkylation sites (tertiary alicyclic amines) is 1. The zero-order valence-electron chi connectivity index (χ0n) is 18.8. The van der Waals surface area contributed by atoms with Gasteiger partial charge in [0.05, 0.1) is 24.5 Å². The highest BCUT2D eigenvalue weighted by Crippen LogP contribution is 2.52. The van der Waals surface area contributed by atoms with Crippen LogP contribution in [0.3, 0.4) is 0 Å². The average Bonchev–Trinajstić information content (AvgIpc) is 3.31. The van der Waals surface area contributed by atoms with Gasteiger partial charge >= 0.3 is 0 Å². The van der Waals surface area contributed by atoms with Crippen LogP contribution in [-0.2, 0) is 20.9 Å². The highest BCUT2D eigenvalue weighted by atomic mass is 16.5. The van der Waals surface area contributed by atoms with Crippen LogP contribution in [0.5, 0.6) is 0 Å². The van der Waals surface area contributed by atoms with E-state index in [2.05, 4.69) is 43.9 Å². The number of fused-ring (bicyclic) bond motifs is 1. The Balaban J connectivity index is 1.35. The molecule has 1 spiro atoms. The van der Waals surface area contributed by atoms with Gasteiger partial charge in [0.1, 0.15) is 5.60 Å². The molecule has 0 aliphatic carbocycles. The number of aryl methyl sites for hydroxylation is 2. The fourth-order valence-corrected chi connectivity index (χ4v) is 5.83. The van der Waals surface area contributed by atoms with Crippen molar-refractivity contribution in [1.29, 1.82) is 0 Å². The zero-order valence-corrected chi connectivity index (χ0v) is 18.8. The van der Waals surface area contributed by atoms with Crippen molar-refractivity contribution >= 4 is 11.8 Å². The minimum atomic E-state index is -0.636. The van der Waals surface area contributed by atoms with Crippen molar-refractivity contribution in [3.63, 3.8) is 0 Å². The van der Waals surface area contributed by atoms with E-state index < -0.39 is 17.4 Å². The number of carbonyl (C=O) groups is 2. The summed E-state index contributed by atoms with van der Waals surface area (Å²) in [6, 6.07) is 6.36. The quantitative estimate of drug-likeness (QED) is 0.697. The molecular weight excluding hydrogens is 390 g/mol. The van der Waals surface area contributed by atoms with Crippen molar-refractivity contribution < 1.29 is 14.3 Å². The van der Waals surface area contributed by atoms with Crippen molar-refractivity contribution in [2.45, 2.75) is 45.4 Å². The number of hydrogen-bond donors (Lipinski definition) is 0. The molecule has 166 valence electrons. The molecule has 5 rings (SSSR count). The first-order valence-electron chi connectivity index (χ1n) is 11.6. The van der Waals surface area contributed by atoms with Crippen LogP contribution in [0.4, 0.5) is 0 Å². The van der Waals surface area contributed by atoms with Crippen LogP contribution < -0.4 is 0 Å². The molecule has 2 amide bonds. The zero-order chi connectivity index (χ0) is 21.8. The van der Waals surface area contributed by atoms with Gasteiger partial charge in [0, 0.05) is 26.2 Å². The van der Waals surface area contributed by atoms with E-state index in [9.17, 15) is 9.59 Å². The summed E-state index contributed by atoms with van der Waals surface area (Å²) >= 11 is 0. The first kappa shape index (κ1) is 20.7. The number of benzene rings is 1. The molecule has 4 aliphatic rings. The number of likely N-dealkylation sites (N-methyl/N-ethyl adjacent to an activating group) is 1. The highest BCUT2D eigenvalue weighted by Gasteiger charge is 2.67. The fourth-order valence-electron chi connectivity index (χ4n) is 5.83. The van der Waals surface area contributed by atoms with Gasteiger partial charge < -0.3 is 19.4 Å². The Morgan fingerprint density at radius 3 is 2.77 bits per heavy atom. The average molecular weight is 424 g/mol. The molecule has 0 radical (unpaired) electrons. The summed E-state index contributed by atoms with van der Waals surface area (Å²) in [7, 11) is 0. The Morgan fingerprint density at radius 1 is 1.16 bits per heavy atom. The van der Waals surface area contributed by atoms with Crippen molar-refractivity contribution in [2.75, 3.05) is 39.3 Å². The molecule has 0 unspecified atom stereocenters. The lowest BCUT2D eigenvalue weighted by Crippen LogP contribution is -2.47. The molecule has 6 nitrogen and oxygen atoms in total. The first-order valence-corrected chi connectivity index (χ1v) is 11.6. The second kappa shape index (κ2) is 7.75. The number of ether oxygens (including phenoxy) is 1. The second-order valence-electron chi connectivity index (χ2n) is 9.63. The molecule has 4 atom stereocenters. The minimum absolute atomic E-state index is 0.0634. The Morgan fingerprint density at radius 2 is 2.00 bits per heavy atom. The normalized spacial score (nSPS) is 32.6. The predicted molar refractivity (Wildman–Crippen MR) is 118 cm³/mol. The van der Waals surface area contributed by atoms with E-state index in [1.54, 1.807) is 0 Å². The van der Waals surface area contributed by atoms with Crippen LogP contribution in [-0.4, -0.2) is 77.5 Å². The third-order valence-corrected chi connectivity index (χ3v) is 7.76. The summed E-state index contributed by atoms with van der Waals surface area (Å²) in [5.74, 6) is -0.628. The van der Waals surface area contributed by atoms with Gasteiger partial charge in [0.15, 0.2) is 0 Å². The monoisotopic (exact) mass is 423 g/mol. The number of carbonyl (C=O) groups excluding carboxylic acids is 2. The Labute approximate surface area is 184 Å². The van der Waals surface area contributed by atoms with Crippen LogP contribution in [0.15, 0.2) is 30.4 Å². The molecule has 0 saturated carbocycles. The molecule has 2 bridgehead atoms. The number of rotatable bonds is 4. The smallest absolute Gasteiger partial charge is 0.230 e. The van der Waals surface area contributed by atoms with Crippen LogP contribution in [0.25, 0.3) is 0 Å². The molecule has 1 aromatic carbocycles. The SMILES string of the molecule is CCN1CCCN(C(=O)[C@@H]2[C@@H]3C=C[C@@]4(CN(Cc5ccc(C)c(C)c5)C(=O)[C@@H]24)O3)CC1. The first-order chi connectivity index (χ1) is 14.9. The molecule has 1 aromatic rings. The minimum Gasteiger partial charge on any atom is -0.360 e. The van der Waals surface area contributed by atoms with Gasteiger partial charge in [-0.25, -0.2) is 0 Å². The van der Waals surface area contributed by atoms with Crippen molar-refractivity contribution in [3.8, 4) is 0 Å². The summed E-state index contributed by atoms with van der Waals surface area (Å²) in [5, 5.41) is 0. The molecule has 6 heteroatoms. The summed E-state index contributed by atoms with van der Waals surface area (Å²) in [6.07, 6.45) is 4.78. The topological polar surface area (TPSA) is 53.1 Å². The third kappa shape index (κ3) is 3.40. The molecule has 0 aromatic heterocycles.